The van der Waals surface area contributed by atoms with Crippen molar-refractivity contribution in [2.24, 2.45) is 4.99 Å². The summed E-state index contributed by atoms with van der Waals surface area (Å²) < 4.78 is 40.8. The number of ether oxygens (including phenoxy) is 1. The minimum Gasteiger partial charge on any atom is -0.367 e. The Morgan fingerprint density at radius 3 is 2.50 bits per heavy atom. The maximum absolute atomic E-state index is 12.1. The summed E-state index contributed by atoms with van der Waals surface area (Å²) >= 11 is 0. The molecule has 0 amide bonds. The van der Waals surface area contributed by atoms with E-state index in [0.717, 1.165) is 24.6 Å². The zero-order valence-corrected chi connectivity index (χ0v) is 15.3. The zero-order chi connectivity index (χ0) is 19.0. The van der Waals surface area contributed by atoms with Crippen LogP contribution in [0.3, 0.4) is 0 Å². The predicted molar refractivity (Wildman–Crippen MR) is 96.0 cm³/mol. The molecule has 0 aromatic heterocycles. The van der Waals surface area contributed by atoms with Crippen molar-refractivity contribution in [3.05, 3.63) is 35.4 Å². The van der Waals surface area contributed by atoms with Crippen LogP contribution >= 0.6 is 0 Å². The second kappa shape index (κ2) is 9.78. The van der Waals surface area contributed by atoms with Crippen LogP contribution in [0.15, 0.2) is 29.3 Å². The van der Waals surface area contributed by atoms with Gasteiger partial charge < -0.3 is 20.3 Å². The van der Waals surface area contributed by atoms with Gasteiger partial charge >= 0.3 is 6.18 Å². The Bertz CT molecular complexity index is 575. The second-order valence-electron chi connectivity index (χ2n) is 6.51. The van der Waals surface area contributed by atoms with Gasteiger partial charge in [-0.05, 0) is 37.6 Å². The minimum atomic E-state index is -4.29. The van der Waals surface area contributed by atoms with Gasteiger partial charge in [0.15, 0.2) is 5.96 Å². The normalized spacial score (nSPS) is 19.0. The van der Waals surface area contributed by atoms with E-state index in [4.69, 9.17) is 0 Å². The van der Waals surface area contributed by atoms with Crippen molar-refractivity contribution in [3.8, 4) is 0 Å². The number of guanidine groups is 1. The fraction of sp³-hybridized carbons (Fsp3) is 0.611. The third-order valence-electron chi connectivity index (χ3n) is 4.42. The molecular formula is C18H27F3N4O. The molecule has 2 N–H and O–H groups in total. The van der Waals surface area contributed by atoms with E-state index < -0.39 is 12.8 Å². The van der Waals surface area contributed by atoms with E-state index in [-0.39, 0.29) is 6.61 Å². The summed E-state index contributed by atoms with van der Waals surface area (Å²) in [7, 11) is 3.87. The Morgan fingerprint density at radius 1 is 1.23 bits per heavy atom. The molecule has 26 heavy (non-hydrogen) atoms. The van der Waals surface area contributed by atoms with E-state index in [1.54, 1.807) is 19.2 Å². The fourth-order valence-electron chi connectivity index (χ4n) is 2.90. The highest BCUT2D eigenvalue weighted by molar-refractivity contribution is 5.79. The molecule has 5 nitrogen and oxygen atoms in total. The number of aliphatic imine (C=N–C) groups is 1. The van der Waals surface area contributed by atoms with Gasteiger partial charge in [0.2, 0.25) is 0 Å². The van der Waals surface area contributed by atoms with Gasteiger partial charge in [-0.1, -0.05) is 24.3 Å². The Hall–Kier alpha value is -1.80. The van der Waals surface area contributed by atoms with Crippen LogP contribution in [0.25, 0.3) is 0 Å². The van der Waals surface area contributed by atoms with Gasteiger partial charge in [-0.2, -0.15) is 13.2 Å². The molecule has 1 fully saturated rings. The monoisotopic (exact) mass is 372 g/mol. The number of nitrogens with zero attached hydrogens (tertiary/aromatic N) is 2. The summed E-state index contributed by atoms with van der Waals surface area (Å²) in [5.74, 6) is 0.739. The van der Waals surface area contributed by atoms with E-state index in [0.29, 0.717) is 18.2 Å². The summed E-state index contributed by atoms with van der Waals surface area (Å²) in [5, 5.41) is 6.58. The van der Waals surface area contributed by atoms with Crippen molar-refractivity contribution < 1.29 is 17.9 Å². The smallest absolute Gasteiger partial charge is 0.367 e. The van der Waals surface area contributed by atoms with Crippen molar-refractivity contribution in [3.63, 3.8) is 0 Å². The van der Waals surface area contributed by atoms with Crippen LogP contribution in [-0.2, 0) is 17.9 Å². The Balaban J connectivity index is 1.72. The highest BCUT2D eigenvalue weighted by Gasteiger charge is 2.27. The van der Waals surface area contributed by atoms with Gasteiger partial charge in [-0.3, -0.25) is 4.99 Å². The number of rotatable bonds is 7. The number of likely N-dealkylation sites (N-methyl/N-ethyl adjacent to an activating group) is 1. The molecule has 0 radical (unpaired) electrons. The van der Waals surface area contributed by atoms with Crippen molar-refractivity contribution in [1.82, 2.24) is 15.5 Å². The SMILES string of the molecule is CN=C(NCc1ccc(COCC(F)(F)F)cc1)NCC1CCCN1C. The lowest BCUT2D eigenvalue weighted by molar-refractivity contribution is -0.176. The second-order valence-corrected chi connectivity index (χ2v) is 6.51. The molecule has 146 valence electrons. The van der Waals surface area contributed by atoms with Crippen LogP contribution in [0.1, 0.15) is 24.0 Å². The number of likely N-dealkylation sites (tertiary alicyclic amines) is 1. The zero-order valence-electron chi connectivity index (χ0n) is 15.3. The minimum absolute atomic E-state index is 0.0502. The Kier molecular flexibility index (Phi) is 7.71. The van der Waals surface area contributed by atoms with Crippen molar-refractivity contribution in [2.75, 3.05) is 33.8 Å². The molecule has 0 bridgehead atoms. The lowest BCUT2D eigenvalue weighted by atomic mass is 10.1. The summed E-state index contributed by atoms with van der Waals surface area (Å²) in [6.45, 7) is 1.30. The average molecular weight is 372 g/mol. The van der Waals surface area contributed by atoms with Crippen LogP contribution in [-0.4, -0.2) is 56.9 Å². The van der Waals surface area contributed by atoms with Crippen molar-refractivity contribution >= 4 is 5.96 Å². The van der Waals surface area contributed by atoms with Crippen LogP contribution in [0, 0.1) is 0 Å². The highest BCUT2D eigenvalue weighted by atomic mass is 19.4. The first-order valence-electron chi connectivity index (χ1n) is 8.74. The van der Waals surface area contributed by atoms with Crippen LogP contribution in [0.4, 0.5) is 13.2 Å². The maximum Gasteiger partial charge on any atom is 0.411 e. The van der Waals surface area contributed by atoms with Gasteiger partial charge in [-0.25, -0.2) is 0 Å². The fourth-order valence-corrected chi connectivity index (χ4v) is 2.90. The van der Waals surface area contributed by atoms with E-state index in [2.05, 4.69) is 32.3 Å². The summed E-state index contributed by atoms with van der Waals surface area (Å²) in [6.07, 6.45) is -1.87. The molecule has 1 aromatic rings. The lowest BCUT2D eigenvalue weighted by Gasteiger charge is -2.21. The molecule has 1 heterocycles. The van der Waals surface area contributed by atoms with Crippen molar-refractivity contribution in [2.45, 2.75) is 38.2 Å². The first-order chi connectivity index (χ1) is 12.4. The molecular weight excluding hydrogens is 345 g/mol. The quantitative estimate of drug-likeness (QED) is 0.570. The average Bonchev–Trinajstić information content (AvgIpc) is 3.00. The van der Waals surface area contributed by atoms with Gasteiger partial charge in [0.1, 0.15) is 6.61 Å². The van der Waals surface area contributed by atoms with Crippen LogP contribution < -0.4 is 10.6 Å². The van der Waals surface area contributed by atoms with E-state index in [1.165, 1.54) is 12.8 Å². The molecule has 0 saturated carbocycles. The number of hydrogen-bond acceptors (Lipinski definition) is 3. The third kappa shape index (κ3) is 7.21. The predicted octanol–water partition coefficient (Wildman–Crippen LogP) is 2.52. The van der Waals surface area contributed by atoms with E-state index in [1.807, 2.05) is 12.1 Å². The largest absolute Gasteiger partial charge is 0.411 e. The van der Waals surface area contributed by atoms with Gasteiger partial charge in [0.05, 0.1) is 6.61 Å². The number of hydrogen-bond donors (Lipinski definition) is 2. The molecule has 0 spiro atoms. The topological polar surface area (TPSA) is 48.9 Å². The number of alkyl halides is 3. The molecule has 1 unspecified atom stereocenters. The number of halogens is 3. The molecule has 0 aliphatic carbocycles. The Labute approximate surface area is 152 Å². The van der Waals surface area contributed by atoms with E-state index >= 15 is 0 Å². The lowest BCUT2D eigenvalue weighted by Crippen LogP contribution is -2.43. The highest BCUT2D eigenvalue weighted by Crippen LogP contribution is 2.16. The molecule has 1 aliphatic heterocycles. The maximum atomic E-state index is 12.1. The summed E-state index contributed by atoms with van der Waals surface area (Å²) in [6, 6.07) is 7.83. The van der Waals surface area contributed by atoms with Crippen LogP contribution in [0.5, 0.6) is 0 Å². The van der Waals surface area contributed by atoms with Crippen LogP contribution in [0.2, 0.25) is 0 Å². The standard InChI is InChI=1S/C18H27F3N4O/c1-22-17(24-11-16-4-3-9-25(16)2)23-10-14-5-7-15(8-6-14)12-26-13-18(19,20)21/h5-8,16H,3-4,9-13H2,1-2H3,(H2,22,23,24). The molecule has 2 rings (SSSR count). The van der Waals surface area contributed by atoms with Gasteiger partial charge in [-0.15, -0.1) is 0 Å². The van der Waals surface area contributed by atoms with Crippen molar-refractivity contribution in [1.29, 1.82) is 0 Å². The molecule has 1 aliphatic rings. The number of benzene rings is 1. The first-order valence-corrected chi connectivity index (χ1v) is 8.74. The molecule has 1 aromatic carbocycles. The molecule has 1 atom stereocenters. The Morgan fingerprint density at radius 2 is 1.92 bits per heavy atom. The third-order valence-corrected chi connectivity index (χ3v) is 4.42. The first kappa shape index (κ1) is 20.5. The van der Waals surface area contributed by atoms with Gasteiger partial charge in [0.25, 0.3) is 0 Å². The molecule has 1 saturated heterocycles. The number of nitrogens with one attached hydrogen (secondary N) is 2. The summed E-state index contributed by atoms with van der Waals surface area (Å²) in [4.78, 5) is 6.57. The molecule has 8 heteroatoms. The summed E-state index contributed by atoms with van der Waals surface area (Å²) in [5.41, 5.74) is 1.73. The van der Waals surface area contributed by atoms with Gasteiger partial charge in [0, 0.05) is 26.2 Å². The van der Waals surface area contributed by atoms with E-state index in [9.17, 15) is 13.2 Å².